The standard InChI is InChI=1S/C31H34N4O2/c1-23(36)37-22-30-32-28-20-24(12-15-29(28)35(30)27-13-14-27)21-33-16-18-34(19-17-33)31(25-8-4-2-5-9-25)26-10-6-3-7-11-26/h2-12,15,20,27,31H,13-14,16-19,21-22H2,1H3. The van der Waals surface area contributed by atoms with Crippen molar-refractivity contribution in [3.8, 4) is 0 Å². The molecule has 1 aromatic heterocycles. The molecule has 0 radical (unpaired) electrons. The van der Waals surface area contributed by atoms with Crippen LogP contribution in [0.5, 0.6) is 0 Å². The molecule has 6 nitrogen and oxygen atoms in total. The smallest absolute Gasteiger partial charge is 0.303 e. The SMILES string of the molecule is CC(=O)OCc1nc2cc(CN3CCN(C(c4ccccc4)c4ccccc4)CC3)ccc2n1C1CC1. The Hall–Kier alpha value is -3.48. The Morgan fingerprint density at radius 1 is 0.919 bits per heavy atom. The third kappa shape index (κ3) is 5.31. The van der Waals surface area contributed by atoms with Gasteiger partial charge in [0.25, 0.3) is 0 Å². The molecule has 0 spiro atoms. The zero-order valence-corrected chi connectivity index (χ0v) is 21.4. The lowest BCUT2D eigenvalue weighted by Crippen LogP contribution is -2.47. The number of fused-ring (bicyclic) bond motifs is 1. The summed E-state index contributed by atoms with van der Waals surface area (Å²) in [7, 11) is 0. The Labute approximate surface area is 218 Å². The largest absolute Gasteiger partial charge is 0.458 e. The predicted molar refractivity (Wildman–Crippen MR) is 145 cm³/mol. The van der Waals surface area contributed by atoms with E-state index in [4.69, 9.17) is 9.72 Å². The number of hydrogen-bond acceptors (Lipinski definition) is 5. The van der Waals surface area contributed by atoms with E-state index >= 15 is 0 Å². The van der Waals surface area contributed by atoms with E-state index in [1.165, 1.54) is 23.6 Å². The summed E-state index contributed by atoms with van der Waals surface area (Å²) in [6, 6.07) is 29.1. The number of carbonyl (C=O) groups is 1. The predicted octanol–water partition coefficient (Wildman–Crippen LogP) is 5.34. The van der Waals surface area contributed by atoms with Crippen LogP contribution in [0.3, 0.4) is 0 Å². The molecule has 0 amide bonds. The molecule has 3 aromatic carbocycles. The van der Waals surface area contributed by atoms with Gasteiger partial charge in [-0.2, -0.15) is 0 Å². The van der Waals surface area contributed by atoms with Gasteiger partial charge in [0.1, 0.15) is 12.4 Å². The molecule has 37 heavy (non-hydrogen) atoms. The topological polar surface area (TPSA) is 50.6 Å². The summed E-state index contributed by atoms with van der Waals surface area (Å²) in [4.78, 5) is 21.4. The maximum absolute atomic E-state index is 11.4. The normalized spacial score (nSPS) is 16.9. The number of nitrogens with zero attached hydrogens (tertiary/aromatic N) is 4. The lowest BCUT2D eigenvalue weighted by Gasteiger charge is -2.39. The van der Waals surface area contributed by atoms with Gasteiger partial charge in [-0.1, -0.05) is 66.7 Å². The van der Waals surface area contributed by atoms with E-state index in [1.807, 2.05) is 0 Å². The highest BCUT2D eigenvalue weighted by Gasteiger charge is 2.29. The van der Waals surface area contributed by atoms with E-state index < -0.39 is 0 Å². The lowest BCUT2D eigenvalue weighted by atomic mass is 9.96. The first kappa shape index (κ1) is 23.9. The number of piperazine rings is 1. The maximum atomic E-state index is 11.4. The first-order chi connectivity index (χ1) is 18.2. The molecule has 1 saturated heterocycles. The number of ether oxygens (including phenoxy) is 1. The van der Waals surface area contributed by atoms with Gasteiger partial charge in [-0.05, 0) is 41.7 Å². The average molecular weight is 495 g/mol. The number of hydrogen-bond donors (Lipinski definition) is 0. The van der Waals surface area contributed by atoms with E-state index in [9.17, 15) is 4.79 Å². The van der Waals surface area contributed by atoms with E-state index in [0.29, 0.717) is 6.04 Å². The van der Waals surface area contributed by atoms with Gasteiger partial charge in [0.15, 0.2) is 0 Å². The molecule has 0 unspecified atom stereocenters. The monoisotopic (exact) mass is 494 g/mol. The number of imidazole rings is 1. The molecule has 6 heteroatoms. The third-order valence-corrected chi connectivity index (χ3v) is 7.55. The minimum absolute atomic E-state index is 0.238. The number of aromatic nitrogens is 2. The highest BCUT2D eigenvalue weighted by Crippen LogP contribution is 2.39. The molecule has 4 aromatic rings. The fourth-order valence-corrected chi connectivity index (χ4v) is 5.62. The fourth-order valence-electron chi connectivity index (χ4n) is 5.62. The van der Waals surface area contributed by atoms with Crippen molar-refractivity contribution in [2.24, 2.45) is 0 Å². The van der Waals surface area contributed by atoms with Gasteiger partial charge in [0, 0.05) is 45.7 Å². The molecule has 190 valence electrons. The average Bonchev–Trinajstić information content (AvgIpc) is 3.70. The summed E-state index contributed by atoms with van der Waals surface area (Å²) in [6.07, 6.45) is 2.33. The first-order valence-electron chi connectivity index (χ1n) is 13.3. The van der Waals surface area contributed by atoms with Crippen LogP contribution < -0.4 is 0 Å². The van der Waals surface area contributed by atoms with Crippen LogP contribution in [-0.2, 0) is 22.7 Å². The van der Waals surface area contributed by atoms with Gasteiger partial charge >= 0.3 is 5.97 Å². The molecule has 0 N–H and O–H groups in total. The minimum Gasteiger partial charge on any atom is -0.458 e. The van der Waals surface area contributed by atoms with Crippen LogP contribution in [0.25, 0.3) is 11.0 Å². The Morgan fingerprint density at radius 2 is 1.57 bits per heavy atom. The molecule has 2 aliphatic rings. The van der Waals surface area contributed by atoms with Crippen LogP contribution in [0.1, 0.15) is 54.4 Å². The van der Waals surface area contributed by atoms with Crippen molar-refractivity contribution in [1.82, 2.24) is 19.4 Å². The van der Waals surface area contributed by atoms with Crippen LogP contribution >= 0.6 is 0 Å². The van der Waals surface area contributed by atoms with Crippen molar-refractivity contribution < 1.29 is 9.53 Å². The number of benzene rings is 3. The highest BCUT2D eigenvalue weighted by atomic mass is 16.5. The molecule has 1 aliphatic carbocycles. The van der Waals surface area contributed by atoms with Crippen LogP contribution in [0, 0.1) is 0 Å². The molecule has 0 atom stereocenters. The van der Waals surface area contributed by atoms with Gasteiger partial charge in [0.2, 0.25) is 0 Å². The van der Waals surface area contributed by atoms with Crippen molar-refractivity contribution in [3.63, 3.8) is 0 Å². The summed E-state index contributed by atoms with van der Waals surface area (Å²) < 4.78 is 7.56. The van der Waals surface area contributed by atoms with Crippen LogP contribution in [-0.4, -0.2) is 51.5 Å². The molecule has 2 heterocycles. The Morgan fingerprint density at radius 3 is 2.16 bits per heavy atom. The zero-order valence-electron chi connectivity index (χ0n) is 21.4. The quantitative estimate of drug-likeness (QED) is 0.310. The Bertz CT molecular complexity index is 1320. The van der Waals surface area contributed by atoms with Crippen LogP contribution in [0.15, 0.2) is 78.9 Å². The third-order valence-electron chi connectivity index (χ3n) is 7.55. The second-order valence-corrected chi connectivity index (χ2v) is 10.3. The Kier molecular flexibility index (Phi) is 6.77. The van der Waals surface area contributed by atoms with E-state index in [1.54, 1.807) is 0 Å². The fraction of sp³-hybridized carbons (Fsp3) is 0.355. The second-order valence-electron chi connectivity index (χ2n) is 10.3. The van der Waals surface area contributed by atoms with Gasteiger partial charge in [-0.15, -0.1) is 0 Å². The molecular formula is C31H34N4O2. The molecule has 6 rings (SSSR count). The van der Waals surface area contributed by atoms with Crippen LogP contribution in [0.2, 0.25) is 0 Å². The molecule has 0 bridgehead atoms. The van der Waals surface area contributed by atoms with Gasteiger partial charge in [0.05, 0.1) is 17.1 Å². The number of esters is 1. The molecule has 1 aliphatic heterocycles. The van der Waals surface area contributed by atoms with Crippen LogP contribution in [0.4, 0.5) is 0 Å². The van der Waals surface area contributed by atoms with Crippen molar-refractivity contribution in [3.05, 3.63) is 101 Å². The Balaban J connectivity index is 1.15. The summed E-state index contributed by atoms with van der Waals surface area (Å²) in [5.41, 5.74) is 6.13. The lowest BCUT2D eigenvalue weighted by molar-refractivity contribution is -0.142. The second kappa shape index (κ2) is 10.5. The van der Waals surface area contributed by atoms with Crippen molar-refractivity contribution in [1.29, 1.82) is 0 Å². The first-order valence-corrected chi connectivity index (χ1v) is 13.3. The van der Waals surface area contributed by atoms with E-state index in [0.717, 1.165) is 62.4 Å². The number of rotatable bonds is 8. The van der Waals surface area contributed by atoms with E-state index in [-0.39, 0.29) is 18.6 Å². The highest BCUT2D eigenvalue weighted by molar-refractivity contribution is 5.77. The molecule has 1 saturated carbocycles. The number of carbonyl (C=O) groups excluding carboxylic acids is 1. The minimum atomic E-state index is -0.268. The van der Waals surface area contributed by atoms with Gasteiger partial charge in [-0.3, -0.25) is 14.6 Å². The molecular weight excluding hydrogens is 460 g/mol. The summed E-state index contributed by atoms with van der Waals surface area (Å²) >= 11 is 0. The molecule has 2 fully saturated rings. The van der Waals surface area contributed by atoms with Gasteiger partial charge < -0.3 is 9.30 Å². The summed E-state index contributed by atoms with van der Waals surface area (Å²) in [5, 5.41) is 0. The zero-order chi connectivity index (χ0) is 25.2. The van der Waals surface area contributed by atoms with Crippen molar-refractivity contribution in [2.75, 3.05) is 26.2 Å². The van der Waals surface area contributed by atoms with Gasteiger partial charge in [-0.25, -0.2) is 4.98 Å². The van der Waals surface area contributed by atoms with Crippen molar-refractivity contribution in [2.45, 2.75) is 45.0 Å². The summed E-state index contributed by atoms with van der Waals surface area (Å²) in [6.45, 7) is 6.72. The maximum Gasteiger partial charge on any atom is 0.303 e. The van der Waals surface area contributed by atoms with E-state index in [2.05, 4.69) is 93.2 Å². The summed E-state index contributed by atoms with van der Waals surface area (Å²) in [5.74, 6) is 0.585. The van der Waals surface area contributed by atoms with Crippen molar-refractivity contribution >= 4 is 17.0 Å².